The zero-order valence-corrected chi connectivity index (χ0v) is 14.3. The fourth-order valence-corrected chi connectivity index (χ4v) is 3.25. The average molecular weight is 387 g/mol. The number of thioether (sulfide) groups is 1. The van der Waals surface area contributed by atoms with Crippen molar-refractivity contribution in [3.63, 3.8) is 0 Å². The molecule has 0 aliphatic carbocycles. The van der Waals surface area contributed by atoms with Crippen molar-refractivity contribution in [2.75, 3.05) is 6.61 Å². The van der Waals surface area contributed by atoms with E-state index in [4.69, 9.17) is 14.4 Å². The van der Waals surface area contributed by atoms with Crippen molar-refractivity contribution in [3.05, 3.63) is 12.7 Å². The molecule has 5 N–H and O–H groups in total. The van der Waals surface area contributed by atoms with Crippen LogP contribution in [-0.2, 0) is 19.4 Å². The van der Waals surface area contributed by atoms with Gasteiger partial charge in [0.15, 0.2) is 0 Å². The molecule has 1 heterocycles. The van der Waals surface area contributed by atoms with Crippen molar-refractivity contribution in [1.29, 1.82) is 0 Å². The van der Waals surface area contributed by atoms with Crippen molar-refractivity contribution < 1.29 is 42.4 Å². The van der Waals surface area contributed by atoms with Crippen molar-refractivity contribution in [2.24, 2.45) is 5.16 Å². The zero-order valence-electron chi connectivity index (χ0n) is 12.6. The molecule has 0 aromatic rings. The standard InChI is InChI=1S/C12H21NO9S2/c1-2-3-4-5-8(13-22-24(18,19)20)23-12-11(17)10(16)9(15)7(6-14)21-12/h2,7,9-12,14-17H,1,3-6H2,(H,18,19,20)/b13-8-/t7-,9-,10+,11-,12+/m0/s1. The number of rotatable bonds is 8. The maximum absolute atomic E-state index is 10.6. The van der Waals surface area contributed by atoms with Crippen LogP contribution in [0.2, 0.25) is 0 Å². The van der Waals surface area contributed by atoms with E-state index in [1.807, 2.05) is 0 Å². The summed E-state index contributed by atoms with van der Waals surface area (Å²) in [6.45, 7) is 2.95. The molecule has 0 spiro atoms. The molecule has 1 fully saturated rings. The fraction of sp³-hybridized carbons (Fsp3) is 0.750. The maximum Gasteiger partial charge on any atom is 0.466 e. The number of unbranched alkanes of at least 4 members (excludes halogenated alkanes) is 1. The van der Waals surface area contributed by atoms with Crippen LogP contribution in [0.5, 0.6) is 0 Å². The Bertz CT molecular complexity index is 537. The van der Waals surface area contributed by atoms with Gasteiger partial charge < -0.3 is 25.2 Å². The molecule has 5 atom stereocenters. The van der Waals surface area contributed by atoms with Gasteiger partial charge in [-0.2, -0.15) is 8.42 Å². The van der Waals surface area contributed by atoms with Crippen molar-refractivity contribution in [3.8, 4) is 0 Å². The summed E-state index contributed by atoms with van der Waals surface area (Å²) < 4.78 is 39.1. The molecule has 1 aliphatic heterocycles. The number of allylic oxidation sites excluding steroid dienone is 1. The van der Waals surface area contributed by atoms with Crippen LogP contribution in [0.1, 0.15) is 19.3 Å². The summed E-state index contributed by atoms with van der Waals surface area (Å²) in [6.07, 6.45) is -2.69. The number of hydrogen-bond donors (Lipinski definition) is 5. The fourth-order valence-electron chi connectivity index (χ4n) is 1.91. The van der Waals surface area contributed by atoms with Crippen LogP contribution >= 0.6 is 11.8 Å². The molecule has 1 rings (SSSR count). The highest BCUT2D eigenvalue weighted by molar-refractivity contribution is 8.14. The first-order valence-electron chi connectivity index (χ1n) is 7.00. The van der Waals surface area contributed by atoms with Gasteiger partial charge in [0.2, 0.25) is 0 Å². The van der Waals surface area contributed by atoms with E-state index in [0.29, 0.717) is 12.8 Å². The van der Waals surface area contributed by atoms with E-state index in [2.05, 4.69) is 16.0 Å². The van der Waals surface area contributed by atoms with Gasteiger partial charge in [-0.15, -0.1) is 6.58 Å². The largest absolute Gasteiger partial charge is 0.466 e. The monoisotopic (exact) mass is 387 g/mol. The Morgan fingerprint density at radius 3 is 2.50 bits per heavy atom. The smallest absolute Gasteiger partial charge is 0.394 e. The van der Waals surface area contributed by atoms with E-state index in [1.165, 1.54) is 0 Å². The first-order chi connectivity index (χ1) is 11.2. The first kappa shape index (κ1) is 21.3. The Labute approximate surface area is 143 Å². The maximum atomic E-state index is 10.6. The number of ether oxygens (including phenoxy) is 1. The topological polar surface area (TPSA) is 166 Å². The molecule has 10 nitrogen and oxygen atoms in total. The molecule has 0 bridgehead atoms. The highest BCUT2D eigenvalue weighted by Crippen LogP contribution is 2.30. The lowest BCUT2D eigenvalue weighted by Crippen LogP contribution is -2.57. The molecule has 0 aromatic heterocycles. The molecule has 24 heavy (non-hydrogen) atoms. The number of aliphatic hydroxyl groups excluding tert-OH is 4. The summed E-state index contributed by atoms with van der Waals surface area (Å²) in [4.78, 5) is 0. The highest BCUT2D eigenvalue weighted by Gasteiger charge is 2.44. The van der Waals surface area contributed by atoms with Crippen molar-refractivity contribution >= 4 is 27.2 Å². The van der Waals surface area contributed by atoms with Gasteiger partial charge in [0.25, 0.3) is 0 Å². The Morgan fingerprint density at radius 2 is 1.96 bits per heavy atom. The minimum absolute atomic E-state index is 0.0683. The summed E-state index contributed by atoms with van der Waals surface area (Å²) in [5.41, 5.74) is -1.13. The van der Waals surface area contributed by atoms with Gasteiger partial charge in [-0.25, -0.2) is 4.28 Å². The van der Waals surface area contributed by atoms with E-state index in [0.717, 1.165) is 11.8 Å². The third kappa shape index (κ3) is 6.64. The number of oxime groups is 1. The summed E-state index contributed by atoms with van der Waals surface area (Å²) in [6, 6.07) is 0. The molecular weight excluding hydrogens is 366 g/mol. The first-order valence-corrected chi connectivity index (χ1v) is 9.25. The van der Waals surface area contributed by atoms with E-state index in [1.54, 1.807) is 6.08 Å². The molecule has 0 amide bonds. The lowest BCUT2D eigenvalue weighted by atomic mass is 10.0. The molecule has 140 valence electrons. The minimum atomic E-state index is -4.79. The van der Waals surface area contributed by atoms with Crippen molar-refractivity contribution in [1.82, 2.24) is 0 Å². The van der Waals surface area contributed by atoms with Gasteiger partial charge in [-0.1, -0.05) is 23.0 Å². The van der Waals surface area contributed by atoms with Gasteiger partial charge in [0.1, 0.15) is 34.9 Å². The average Bonchev–Trinajstić information content (AvgIpc) is 2.52. The van der Waals surface area contributed by atoms with Crippen LogP contribution in [0.3, 0.4) is 0 Å². The summed E-state index contributed by atoms with van der Waals surface area (Å²) in [5.74, 6) is 0. The second-order valence-electron chi connectivity index (χ2n) is 4.98. The van der Waals surface area contributed by atoms with Gasteiger partial charge >= 0.3 is 10.4 Å². The van der Waals surface area contributed by atoms with E-state index >= 15 is 0 Å². The molecule has 0 unspecified atom stereocenters. The lowest BCUT2D eigenvalue weighted by Gasteiger charge is -2.39. The van der Waals surface area contributed by atoms with Crippen molar-refractivity contribution in [2.45, 2.75) is 49.1 Å². The second-order valence-corrected chi connectivity index (χ2v) is 7.16. The molecule has 1 aliphatic rings. The summed E-state index contributed by atoms with van der Waals surface area (Å²) in [7, 11) is -4.79. The molecular formula is C12H21NO9S2. The van der Waals surface area contributed by atoms with Gasteiger partial charge in [0, 0.05) is 0 Å². The van der Waals surface area contributed by atoms with Crippen LogP contribution < -0.4 is 0 Å². The molecule has 0 radical (unpaired) electrons. The number of nitrogens with zero attached hydrogens (tertiary/aromatic N) is 1. The Kier molecular flexibility index (Phi) is 8.59. The quantitative estimate of drug-likeness (QED) is 0.0871. The van der Waals surface area contributed by atoms with Crippen LogP contribution in [-0.4, -0.2) is 74.9 Å². The predicted molar refractivity (Wildman–Crippen MR) is 85.5 cm³/mol. The van der Waals surface area contributed by atoms with Gasteiger partial charge in [0.05, 0.1) is 6.61 Å². The Hall–Kier alpha value is -0.730. The molecule has 1 saturated heterocycles. The summed E-state index contributed by atoms with van der Waals surface area (Å²) in [5, 5.41) is 41.9. The number of aliphatic hydroxyl groups is 4. The van der Waals surface area contributed by atoms with Crippen LogP contribution in [0.25, 0.3) is 0 Å². The van der Waals surface area contributed by atoms with Crippen LogP contribution in [0, 0.1) is 0 Å². The zero-order chi connectivity index (χ0) is 18.3. The molecule has 0 aromatic carbocycles. The van der Waals surface area contributed by atoms with E-state index in [9.17, 15) is 23.7 Å². The second kappa shape index (κ2) is 9.68. The highest BCUT2D eigenvalue weighted by atomic mass is 32.3. The lowest BCUT2D eigenvalue weighted by molar-refractivity contribution is -0.205. The number of hydrogen-bond acceptors (Lipinski definition) is 10. The Morgan fingerprint density at radius 1 is 1.29 bits per heavy atom. The predicted octanol–water partition coefficient (Wildman–Crippen LogP) is -0.991. The van der Waals surface area contributed by atoms with Crippen LogP contribution in [0.15, 0.2) is 17.8 Å². The van der Waals surface area contributed by atoms with Gasteiger partial charge in [-0.3, -0.25) is 4.55 Å². The third-order valence-electron chi connectivity index (χ3n) is 3.13. The van der Waals surface area contributed by atoms with Gasteiger partial charge in [-0.05, 0) is 19.3 Å². The third-order valence-corrected chi connectivity index (χ3v) is 4.57. The van der Waals surface area contributed by atoms with E-state index in [-0.39, 0.29) is 11.5 Å². The molecule has 12 heteroatoms. The Balaban J connectivity index is 2.84. The summed E-state index contributed by atoms with van der Waals surface area (Å²) >= 11 is 0.750. The molecule has 0 saturated carbocycles. The normalized spacial score (nSPS) is 31.7. The minimum Gasteiger partial charge on any atom is -0.394 e. The SMILES string of the molecule is C=CCCC/C(=N/OS(=O)(=O)O)S[C@H]1O[C@@H](CO)[C@H](O)[C@@H](O)[C@@H]1O. The van der Waals surface area contributed by atoms with E-state index < -0.39 is 46.9 Å². The van der Waals surface area contributed by atoms with Crippen LogP contribution in [0.4, 0.5) is 0 Å².